The number of aliphatic hydroxyl groups is 1. The third kappa shape index (κ3) is 3.04. The Morgan fingerprint density at radius 1 is 1.73 bits per heavy atom. The summed E-state index contributed by atoms with van der Waals surface area (Å²) in [6.45, 7) is 8.91. The summed E-state index contributed by atoms with van der Waals surface area (Å²) in [6, 6.07) is 0.125. The van der Waals surface area contributed by atoms with Gasteiger partial charge in [0.05, 0.1) is 0 Å². The smallest absolute Gasteiger partial charge is 0.354 e. The van der Waals surface area contributed by atoms with Crippen molar-refractivity contribution in [1.82, 2.24) is 5.32 Å². The van der Waals surface area contributed by atoms with Gasteiger partial charge in [-0.15, -0.1) is 6.58 Å². The molecule has 0 aliphatic carbocycles. The minimum Gasteiger partial charge on any atom is -0.457 e. The molecule has 1 aliphatic rings. The lowest BCUT2D eigenvalue weighted by Gasteiger charge is -2.43. The maximum Gasteiger partial charge on any atom is 0.354 e. The molecule has 1 saturated heterocycles. The topological polar surface area (TPSA) is 58.6 Å². The molecule has 1 aliphatic heterocycles. The molecule has 2 unspecified atom stereocenters. The van der Waals surface area contributed by atoms with Crippen molar-refractivity contribution >= 4 is 5.97 Å². The highest BCUT2D eigenvalue weighted by Gasteiger charge is 2.50. The van der Waals surface area contributed by atoms with Crippen LogP contribution in [0.15, 0.2) is 12.7 Å². The average molecular weight is 213 g/mol. The standard InChI is InChI=1S/C11H19NO3/c1-5-6-8-7-11(14,12-8)9(13)15-10(2,3)4/h5,8,12,14H,1,6-7H2,2-4H3. The lowest BCUT2D eigenvalue weighted by atomic mass is 9.90. The van der Waals surface area contributed by atoms with Crippen LogP contribution >= 0.6 is 0 Å². The molecule has 0 amide bonds. The predicted molar refractivity (Wildman–Crippen MR) is 57.1 cm³/mol. The molecule has 15 heavy (non-hydrogen) atoms. The summed E-state index contributed by atoms with van der Waals surface area (Å²) in [5.74, 6) is -0.602. The van der Waals surface area contributed by atoms with Crippen LogP contribution in [0.25, 0.3) is 0 Å². The fourth-order valence-corrected chi connectivity index (χ4v) is 1.52. The molecule has 0 spiro atoms. The fraction of sp³-hybridized carbons (Fsp3) is 0.727. The van der Waals surface area contributed by atoms with Gasteiger partial charge in [0, 0.05) is 12.5 Å². The van der Waals surface area contributed by atoms with Crippen LogP contribution in [-0.4, -0.2) is 28.4 Å². The van der Waals surface area contributed by atoms with Crippen molar-refractivity contribution in [3.63, 3.8) is 0 Å². The maximum atomic E-state index is 11.6. The first kappa shape index (κ1) is 12.2. The number of carbonyl (C=O) groups is 1. The molecule has 0 aromatic rings. The quantitative estimate of drug-likeness (QED) is 0.541. The Labute approximate surface area is 90.3 Å². The molecule has 2 atom stereocenters. The summed E-state index contributed by atoms with van der Waals surface area (Å²) in [4.78, 5) is 11.6. The Hall–Kier alpha value is -0.870. The van der Waals surface area contributed by atoms with Gasteiger partial charge in [-0.2, -0.15) is 0 Å². The zero-order valence-corrected chi connectivity index (χ0v) is 9.54. The van der Waals surface area contributed by atoms with E-state index in [2.05, 4.69) is 11.9 Å². The monoisotopic (exact) mass is 213 g/mol. The van der Waals surface area contributed by atoms with E-state index >= 15 is 0 Å². The van der Waals surface area contributed by atoms with Gasteiger partial charge >= 0.3 is 5.97 Å². The van der Waals surface area contributed by atoms with Crippen LogP contribution in [0, 0.1) is 0 Å². The number of ether oxygens (including phenoxy) is 1. The molecular formula is C11H19NO3. The molecule has 0 aromatic carbocycles. The van der Waals surface area contributed by atoms with E-state index in [1.54, 1.807) is 26.8 Å². The molecular weight excluding hydrogens is 194 g/mol. The Balaban J connectivity index is 2.45. The number of esters is 1. The van der Waals surface area contributed by atoms with Crippen LogP contribution in [0.4, 0.5) is 0 Å². The van der Waals surface area contributed by atoms with Crippen molar-refractivity contribution in [2.75, 3.05) is 0 Å². The number of nitrogens with one attached hydrogen (secondary N) is 1. The van der Waals surface area contributed by atoms with Crippen molar-refractivity contribution in [2.24, 2.45) is 0 Å². The first-order valence-electron chi connectivity index (χ1n) is 5.11. The highest BCUT2D eigenvalue weighted by molar-refractivity contribution is 5.80. The number of hydrogen-bond acceptors (Lipinski definition) is 4. The van der Waals surface area contributed by atoms with E-state index in [1.807, 2.05) is 0 Å². The molecule has 86 valence electrons. The van der Waals surface area contributed by atoms with Crippen molar-refractivity contribution in [2.45, 2.75) is 51.0 Å². The summed E-state index contributed by atoms with van der Waals surface area (Å²) in [7, 11) is 0. The molecule has 4 nitrogen and oxygen atoms in total. The lowest BCUT2D eigenvalue weighted by Crippen LogP contribution is -2.68. The summed E-state index contributed by atoms with van der Waals surface area (Å²) in [5.41, 5.74) is -2.07. The fourth-order valence-electron chi connectivity index (χ4n) is 1.52. The van der Waals surface area contributed by atoms with E-state index in [-0.39, 0.29) is 6.04 Å². The van der Waals surface area contributed by atoms with Crippen LogP contribution in [0.3, 0.4) is 0 Å². The molecule has 2 N–H and O–H groups in total. The van der Waals surface area contributed by atoms with Gasteiger partial charge < -0.3 is 9.84 Å². The first-order valence-corrected chi connectivity index (χ1v) is 5.11. The molecule has 1 rings (SSSR count). The van der Waals surface area contributed by atoms with Gasteiger partial charge in [-0.3, -0.25) is 5.32 Å². The molecule has 1 fully saturated rings. The van der Waals surface area contributed by atoms with Gasteiger partial charge in [-0.1, -0.05) is 6.08 Å². The molecule has 0 radical (unpaired) electrons. The predicted octanol–water partition coefficient (Wildman–Crippen LogP) is 0.955. The second-order valence-corrected chi connectivity index (χ2v) is 4.93. The van der Waals surface area contributed by atoms with Crippen molar-refractivity contribution in [3.05, 3.63) is 12.7 Å². The van der Waals surface area contributed by atoms with Crippen molar-refractivity contribution in [1.29, 1.82) is 0 Å². The largest absolute Gasteiger partial charge is 0.457 e. The SMILES string of the molecule is C=CCC1CC(O)(C(=O)OC(C)(C)C)N1. The van der Waals surface area contributed by atoms with E-state index in [0.717, 1.165) is 6.42 Å². The van der Waals surface area contributed by atoms with E-state index in [1.165, 1.54) is 0 Å². The van der Waals surface area contributed by atoms with Gasteiger partial charge in [0.1, 0.15) is 5.60 Å². The number of hydrogen-bond donors (Lipinski definition) is 2. The molecule has 0 bridgehead atoms. The lowest BCUT2D eigenvalue weighted by molar-refractivity contribution is -0.195. The minimum atomic E-state index is -1.50. The van der Waals surface area contributed by atoms with Crippen LogP contribution in [0.1, 0.15) is 33.6 Å². The van der Waals surface area contributed by atoms with Crippen molar-refractivity contribution < 1.29 is 14.6 Å². The second-order valence-electron chi connectivity index (χ2n) is 4.93. The third-order valence-corrected chi connectivity index (χ3v) is 2.17. The van der Waals surface area contributed by atoms with Gasteiger partial charge in [-0.05, 0) is 27.2 Å². The van der Waals surface area contributed by atoms with Crippen LogP contribution < -0.4 is 5.32 Å². The van der Waals surface area contributed by atoms with Crippen LogP contribution in [-0.2, 0) is 9.53 Å². The van der Waals surface area contributed by atoms with Gasteiger partial charge in [0.25, 0.3) is 0 Å². The first-order chi connectivity index (χ1) is 6.77. The Morgan fingerprint density at radius 2 is 2.27 bits per heavy atom. The molecule has 4 heteroatoms. The Morgan fingerprint density at radius 3 is 2.67 bits per heavy atom. The number of rotatable bonds is 3. The average Bonchev–Trinajstić information content (AvgIpc) is 1.98. The second kappa shape index (κ2) is 3.94. The highest BCUT2D eigenvalue weighted by atomic mass is 16.6. The zero-order valence-electron chi connectivity index (χ0n) is 9.54. The Kier molecular flexibility index (Phi) is 3.21. The van der Waals surface area contributed by atoms with Crippen molar-refractivity contribution in [3.8, 4) is 0 Å². The number of carbonyl (C=O) groups excluding carboxylic acids is 1. The van der Waals surface area contributed by atoms with Gasteiger partial charge in [0.15, 0.2) is 0 Å². The van der Waals surface area contributed by atoms with Crippen LogP contribution in [0.2, 0.25) is 0 Å². The van der Waals surface area contributed by atoms with Crippen LogP contribution in [0.5, 0.6) is 0 Å². The van der Waals surface area contributed by atoms with E-state index in [0.29, 0.717) is 6.42 Å². The molecule has 0 saturated carbocycles. The van der Waals surface area contributed by atoms with Gasteiger partial charge in [-0.25, -0.2) is 4.79 Å². The summed E-state index contributed by atoms with van der Waals surface area (Å²) < 4.78 is 5.09. The third-order valence-electron chi connectivity index (χ3n) is 2.17. The van der Waals surface area contributed by atoms with E-state index < -0.39 is 17.3 Å². The highest BCUT2D eigenvalue weighted by Crippen LogP contribution is 2.27. The van der Waals surface area contributed by atoms with E-state index in [4.69, 9.17) is 4.74 Å². The summed E-state index contributed by atoms with van der Waals surface area (Å²) >= 11 is 0. The molecule has 1 heterocycles. The summed E-state index contributed by atoms with van der Waals surface area (Å²) in [6.07, 6.45) is 2.88. The minimum absolute atomic E-state index is 0.125. The molecule has 0 aromatic heterocycles. The van der Waals surface area contributed by atoms with Gasteiger partial charge in [0.2, 0.25) is 5.72 Å². The maximum absolute atomic E-state index is 11.6. The van der Waals surface area contributed by atoms with E-state index in [9.17, 15) is 9.90 Å². The Bertz CT molecular complexity index is 261. The summed E-state index contributed by atoms with van der Waals surface area (Å²) in [5, 5.41) is 12.6. The zero-order chi connectivity index (χ0) is 11.7. The normalized spacial score (nSPS) is 30.5.